The van der Waals surface area contributed by atoms with Crippen LogP contribution in [0.4, 0.5) is 26.3 Å². The lowest BCUT2D eigenvalue weighted by atomic mass is 9.77. The summed E-state index contributed by atoms with van der Waals surface area (Å²) < 4.78 is 95.7. The van der Waals surface area contributed by atoms with Crippen LogP contribution in [0.25, 0.3) is 22.3 Å². The highest BCUT2D eigenvalue weighted by atomic mass is 19.2. The monoisotopic (exact) mass is 506 g/mol. The summed E-state index contributed by atoms with van der Waals surface area (Å²) in [6.45, 7) is 2.98. The topological polar surface area (TPSA) is 18.5 Å². The molecular weight excluding hydrogens is 482 g/mol. The van der Waals surface area contributed by atoms with Gasteiger partial charge >= 0.3 is 0 Å². The quantitative estimate of drug-likeness (QED) is 0.264. The van der Waals surface area contributed by atoms with Gasteiger partial charge in [-0.1, -0.05) is 19.8 Å². The van der Waals surface area contributed by atoms with Crippen molar-refractivity contribution in [2.75, 3.05) is 13.2 Å². The zero-order valence-electron chi connectivity index (χ0n) is 19.5. The lowest BCUT2D eigenvalue weighted by Crippen LogP contribution is -2.29. The molecule has 2 aliphatic rings. The number of rotatable bonds is 3. The van der Waals surface area contributed by atoms with Crippen LogP contribution < -0.4 is 9.47 Å². The average molecular weight is 506 g/mol. The van der Waals surface area contributed by atoms with Crippen molar-refractivity contribution in [3.05, 3.63) is 71.3 Å². The second-order valence-corrected chi connectivity index (χ2v) is 9.75. The van der Waals surface area contributed by atoms with Gasteiger partial charge < -0.3 is 9.47 Å². The number of hydrogen-bond acceptors (Lipinski definition) is 2. The molecule has 0 N–H and O–H groups in total. The van der Waals surface area contributed by atoms with E-state index in [1.807, 2.05) is 0 Å². The highest BCUT2D eigenvalue weighted by Crippen LogP contribution is 2.44. The van der Waals surface area contributed by atoms with Crippen LogP contribution >= 0.6 is 0 Å². The van der Waals surface area contributed by atoms with Gasteiger partial charge in [0.2, 0.25) is 0 Å². The van der Waals surface area contributed by atoms with Gasteiger partial charge in [0.15, 0.2) is 46.4 Å². The van der Waals surface area contributed by atoms with Crippen LogP contribution in [0.5, 0.6) is 11.5 Å². The maximum absolute atomic E-state index is 14.1. The molecule has 1 heterocycles. The van der Waals surface area contributed by atoms with E-state index in [9.17, 15) is 26.3 Å². The van der Waals surface area contributed by atoms with E-state index in [2.05, 4.69) is 6.92 Å². The predicted molar refractivity (Wildman–Crippen MR) is 123 cm³/mol. The summed E-state index contributed by atoms with van der Waals surface area (Å²) in [5.41, 5.74) is 0.0658. The molecule has 2 nitrogen and oxygen atoms in total. The molecular formula is C28H24F6O2. The maximum atomic E-state index is 14.1. The highest BCUT2D eigenvalue weighted by Gasteiger charge is 2.30. The SMILES string of the molecule is CC1CCC(C2COc3cc(-c4cc(F)c(F)c(F)c4)c(-c4cc(F)c(F)c(F)c4)cc3OC2)CC1. The molecule has 1 saturated carbocycles. The average Bonchev–Trinajstić information content (AvgIpc) is 3.07. The molecule has 1 aliphatic carbocycles. The molecule has 0 saturated heterocycles. The van der Waals surface area contributed by atoms with E-state index >= 15 is 0 Å². The normalized spacial score (nSPS) is 20.3. The van der Waals surface area contributed by atoms with Crippen molar-refractivity contribution in [2.24, 2.45) is 17.8 Å². The molecule has 1 aliphatic heterocycles. The molecule has 0 atom stereocenters. The lowest BCUT2D eigenvalue weighted by Gasteiger charge is -2.31. The van der Waals surface area contributed by atoms with Crippen LogP contribution in [-0.4, -0.2) is 13.2 Å². The van der Waals surface area contributed by atoms with Crippen molar-refractivity contribution in [1.82, 2.24) is 0 Å². The Kier molecular flexibility index (Phi) is 6.62. The van der Waals surface area contributed by atoms with Gasteiger partial charge in [0.1, 0.15) is 0 Å². The minimum atomic E-state index is -1.64. The van der Waals surface area contributed by atoms with Crippen molar-refractivity contribution in [3.63, 3.8) is 0 Å². The zero-order chi connectivity index (χ0) is 25.6. The fourth-order valence-corrected chi connectivity index (χ4v) is 5.16. The van der Waals surface area contributed by atoms with Gasteiger partial charge in [0, 0.05) is 5.92 Å². The Hall–Kier alpha value is -3.16. The summed E-state index contributed by atoms with van der Waals surface area (Å²) >= 11 is 0. The van der Waals surface area contributed by atoms with Crippen molar-refractivity contribution in [3.8, 4) is 33.8 Å². The summed E-state index contributed by atoms with van der Waals surface area (Å²) in [5.74, 6) is -7.18. The van der Waals surface area contributed by atoms with E-state index in [0.29, 0.717) is 25.0 Å². The number of ether oxygens (including phenoxy) is 2. The molecule has 0 radical (unpaired) electrons. The Morgan fingerprint density at radius 3 is 1.33 bits per heavy atom. The predicted octanol–water partition coefficient (Wildman–Crippen LogP) is 8.07. The van der Waals surface area contributed by atoms with E-state index in [1.165, 1.54) is 12.1 Å². The van der Waals surface area contributed by atoms with Crippen LogP contribution in [0.15, 0.2) is 36.4 Å². The Bertz CT molecular complexity index is 1160. The molecule has 0 bridgehead atoms. The number of halogens is 6. The molecule has 5 rings (SSSR count). The van der Waals surface area contributed by atoms with Gasteiger partial charge in [-0.2, -0.15) is 0 Å². The van der Waals surface area contributed by atoms with Gasteiger partial charge in [-0.05, 0) is 83.3 Å². The van der Waals surface area contributed by atoms with Crippen molar-refractivity contribution < 1.29 is 35.8 Å². The van der Waals surface area contributed by atoms with Crippen LogP contribution in [0, 0.1) is 52.7 Å². The Morgan fingerprint density at radius 1 is 0.556 bits per heavy atom. The van der Waals surface area contributed by atoms with Crippen LogP contribution in [0.2, 0.25) is 0 Å². The summed E-state index contributed by atoms with van der Waals surface area (Å²) in [6.07, 6.45) is 4.39. The fraction of sp³-hybridized carbons (Fsp3) is 0.357. The summed E-state index contributed by atoms with van der Waals surface area (Å²) in [7, 11) is 0. The van der Waals surface area contributed by atoms with E-state index in [4.69, 9.17) is 9.47 Å². The van der Waals surface area contributed by atoms with E-state index in [-0.39, 0.29) is 39.7 Å². The zero-order valence-corrected chi connectivity index (χ0v) is 19.5. The first-order valence-electron chi connectivity index (χ1n) is 11.9. The van der Waals surface area contributed by atoms with Gasteiger partial charge in [0.05, 0.1) is 13.2 Å². The second kappa shape index (κ2) is 9.71. The summed E-state index contributed by atoms with van der Waals surface area (Å²) in [4.78, 5) is 0. The maximum Gasteiger partial charge on any atom is 0.194 e. The Labute approximate surface area is 204 Å². The third-order valence-corrected chi connectivity index (χ3v) is 7.31. The molecule has 0 spiro atoms. The van der Waals surface area contributed by atoms with E-state index < -0.39 is 34.9 Å². The molecule has 3 aromatic rings. The Balaban J connectivity index is 1.59. The first kappa shape index (κ1) is 24.5. The highest BCUT2D eigenvalue weighted by molar-refractivity contribution is 5.86. The Morgan fingerprint density at radius 2 is 0.944 bits per heavy atom. The fourth-order valence-electron chi connectivity index (χ4n) is 5.16. The first-order valence-corrected chi connectivity index (χ1v) is 11.9. The molecule has 1 fully saturated rings. The molecule has 8 heteroatoms. The molecule has 0 amide bonds. The molecule has 3 aromatic carbocycles. The number of hydrogen-bond donors (Lipinski definition) is 0. The van der Waals surface area contributed by atoms with Crippen molar-refractivity contribution >= 4 is 0 Å². The van der Waals surface area contributed by atoms with Gasteiger partial charge in [-0.3, -0.25) is 0 Å². The minimum Gasteiger partial charge on any atom is -0.489 e. The third-order valence-electron chi connectivity index (χ3n) is 7.31. The molecule has 0 aromatic heterocycles. The van der Waals surface area contributed by atoms with Gasteiger partial charge in [-0.25, -0.2) is 26.3 Å². The van der Waals surface area contributed by atoms with E-state index in [1.54, 1.807) is 0 Å². The van der Waals surface area contributed by atoms with Crippen LogP contribution in [-0.2, 0) is 0 Å². The van der Waals surface area contributed by atoms with Crippen LogP contribution in [0.3, 0.4) is 0 Å². The second-order valence-electron chi connectivity index (χ2n) is 9.75. The minimum absolute atomic E-state index is 0.0833. The van der Waals surface area contributed by atoms with Crippen LogP contribution in [0.1, 0.15) is 32.6 Å². The van der Waals surface area contributed by atoms with E-state index in [0.717, 1.165) is 49.9 Å². The third kappa shape index (κ3) is 4.65. The number of fused-ring (bicyclic) bond motifs is 1. The smallest absolute Gasteiger partial charge is 0.194 e. The molecule has 0 unspecified atom stereocenters. The molecule has 190 valence electrons. The standard InChI is InChI=1S/C28H24F6O2/c1-14-2-4-15(5-3-14)18-12-35-25-10-19(16-6-21(29)27(33)22(30)7-16)20(11-26(25)36-13-18)17-8-23(31)28(34)24(32)9-17/h6-11,14-15,18H,2-5,12-13H2,1H3. The molecule has 36 heavy (non-hydrogen) atoms. The van der Waals surface area contributed by atoms with Crippen molar-refractivity contribution in [1.29, 1.82) is 0 Å². The summed E-state index contributed by atoms with van der Waals surface area (Å²) in [6, 6.07) is 6.02. The number of benzene rings is 3. The summed E-state index contributed by atoms with van der Waals surface area (Å²) in [5, 5.41) is 0. The van der Waals surface area contributed by atoms with Crippen molar-refractivity contribution in [2.45, 2.75) is 32.6 Å². The van der Waals surface area contributed by atoms with Gasteiger partial charge in [0.25, 0.3) is 0 Å². The first-order chi connectivity index (χ1) is 17.2. The van der Waals surface area contributed by atoms with Gasteiger partial charge in [-0.15, -0.1) is 0 Å². The lowest BCUT2D eigenvalue weighted by molar-refractivity contribution is 0.120. The largest absolute Gasteiger partial charge is 0.489 e.